The van der Waals surface area contributed by atoms with Gasteiger partial charge in [0.15, 0.2) is 0 Å². The molecule has 0 saturated heterocycles. The van der Waals surface area contributed by atoms with Crippen LogP contribution in [0.2, 0.25) is 5.02 Å². The Bertz CT molecular complexity index is 1040. The molecule has 1 fully saturated rings. The molecule has 0 unspecified atom stereocenters. The fourth-order valence-electron chi connectivity index (χ4n) is 3.79. The predicted octanol–water partition coefficient (Wildman–Crippen LogP) is 5.08. The van der Waals surface area contributed by atoms with Crippen molar-refractivity contribution in [3.05, 3.63) is 47.5 Å². The lowest BCUT2D eigenvalue weighted by Crippen LogP contribution is -2.34. The van der Waals surface area contributed by atoms with Crippen LogP contribution in [-0.4, -0.2) is 36.3 Å². The summed E-state index contributed by atoms with van der Waals surface area (Å²) >= 11 is 5.93. The van der Waals surface area contributed by atoms with Crippen molar-refractivity contribution in [3.8, 4) is 11.5 Å². The summed E-state index contributed by atoms with van der Waals surface area (Å²) < 4.78 is 25.4. The molecule has 1 aliphatic carbocycles. The van der Waals surface area contributed by atoms with E-state index in [1.807, 2.05) is 19.2 Å². The molecule has 1 saturated carbocycles. The summed E-state index contributed by atoms with van der Waals surface area (Å²) in [5.41, 5.74) is 1.32. The Balaban J connectivity index is 1.69. The highest BCUT2D eigenvalue weighted by Crippen LogP contribution is 2.37. The van der Waals surface area contributed by atoms with E-state index >= 15 is 0 Å². The Labute approximate surface area is 179 Å². The fraction of sp³-hybridized carbons (Fsp3) is 0.364. The molecular weight excluding hydrogens is 407 g/mol. The highest BCUT2D eigenvalue weighted by molar-refractivity contribution is 6.31. The molecule has 0 aliphatic heterocycles. The minimum Gasteiger partial charge on any atom is -0.497 e. The van der Waals surface area contributed by atoms with Gasteiger partial charge in [-0.3, -0.25) is 0 Å². The maximum atomic E-state index is 13.5. The van der Waals surface area contributed by atoms with E-state index in [1.54, 1.807) is 13.2 Å². The Hall–Kier alpha value is -2.64. The second kappa shape index (κ2) is 9.02. The van der Waals surface area contributed by atoms with Crippen molar-refractivity contribution in [1.29, 1.82) is 0 Å². The van der Waals surface area contributed by atoms with Gasteiger partial charge in [-0.05, 0) is 50.9 Å². The summed E-state index contributed by atoms with van der Waals surface area (Å²) in [5.74, 6) is 1.41. The molecule has 1 aromatic heterocycles. The normalized spacial score (nSPS) is 18.9. The van der Waals surface area contributed by atoms with Gasteiger partial charge in [0.2, 0.25) is 0 Å². The minimum atomic E-state index is -0.472. The van der Waals surface area contributed by atoms with Crippen molar-refractivity contribution in [3.63, 3.8) is 0 Å². The third kappa shape index (κ3) is 4.42. The topological polar surface area (TPSA) is 68.3 Å². The van der Waals surface area contributed by atoms with Gasteiger partial charge in [0.25, 0.3) is 0 Å². The smallest absolute Gasteiger partial charge is 0.145 e. The Morgan fingerprint density at radius 2 is 1.90 bits per heavy atom. The Morgan fingerprint density at radius 3 is 2.60 bits per heavy atom. The summed E-state index contributed by atoms with van der Waals surface area (Å²) in [4.78, 5) is 8.79. The number of ether oxygens (including phenoxy) is 2. The maximum absolute atomic E-state index is 13.5. The zero-order valence-corrected chi connectivity index (χ0v) is 17.7. The van der Waals surface area contributed by atoms with E-state index in [0.717, 1.165) is 31.1 Å². The summed E-state index contributed by atoms with van der Waals surface area (Å²) in [5, 5.41) is 7.34. The van der Waals surface area contributed by atoms with E-state index in [1.165, 1.54) is 18.5 Å². The van der Waals surface area contributed by atoms with Crippen molar-refractivity contribution >= 4 is 34.0 Å². The van der Waals surface area contributed by atoms with Crippen molar-refractivity contribution in [2.45, 2.75) is 37.8 Å². The van der Waals surface area contributed by atoms with Gasteiger partial charge in [-0.1, -0.05) is 11.6 Å². The van der Waals surface area contributed by atoms with E-state index in [0.29, 0.717) is 34.6 Å². The van der Waals surface area contributed by atoms with Crippen LogP contribution < -0.4 is 20.1 Å². The third-order valence-electron chi connectivity index (χ3n) is 5.47. The Kier molecular flexibility index (Phi) is 6.20. The standard InChI is InChI=1S/C22H24ClFN4O2/c1-25-13-3-6-15(7-4-13)30-20-11-16(29-2)10-19-21(20)22(27-12-26-19)28-14-5-8-18(24)17(23)9-14/h5,8-13,15,25H,3-4,6-7H2,1-2H3,(H,26,27,28). The number of benzene rings is 2. The fourth-order valence-corrected chi connectivity index (χ4v) is 3.97. The lowest BCUT2D eigenvalue weighted by Gasteiger charge is -2.29. The molecule has 2 aromatic carbocycles. The zero-order chi connectivity index (χ0) is 21.1. The number of methoxy groups -OCH3 is 1. The van der Waals surface area contributed by atoms with Crippen LogP contribution in [0.4, 0.5) is 15.9 Å². The molecule has 30 heavy (non-hydrogen) atoms. The van der Waals surface area contributed by atoms with E-state index < -0.39 is 5.82 Å². The van der Waals surface area contributed by atoms with Crippen LogP contribution in [0.15, 0.2) is 36.7 Å². The van der Waals surface area contributed by atoms with E-state index in [2.05, 4.69) is 20.6 Å². The van der Waals surface area contributed by atoms with E-state index in [-0.39, 0.29) is 11.1 Å². The van der Waals surface area contributed by atoms with Crippen LogP contribution in [-0.2, 0) is 0 Å². The maximum Gasteiger partial charge on any atom is 0.145 e. The average molecular weight is 431 g/mol. The third-order valence-corrected chi connectivity index (χ3v) is 5.76. The van der Waals surface area contributed by atoms with Crippen molar-refractivity contribution in [2.75, 3.05) is 19.5 Å². The molecule has 0 amide bonds. The van der Waals surface area contributed by atoms with Crippen LogP contribution in [0, 0.1) is 5.82 Å². The summed E-state index contributed by atoms with van der Waals surface area (Å²) in [6, 6.07) is 8.68. The number of anilines is 2. The van der Waals surface area contributed by atoms with Gasteiger partial charge >= 0.3 is 0 Å². The quantitative estimate of drug-likeness (QED) is 0.568. The number of rotatable bonds is 6. The first kappa shape index (κ1) is 20.6. The van der Waals surface area contributed by atoms with Gasteiger partial charge in [0.1, 0.15) is 29.5 Å². The zero-order valence-electron chi connectivity index (χ0n) is 16.9. The largest absolute Gasteiger partial charge is 0.497 e. The second-order valence-electron chi connectivity index (χ2n) is 7.38. The van der Waals surface area contributed by atoms with Crippen LogP contribution in [0.25, 0.3) is 10.9 Å². The predicted molar refractivity (Wildman–Crippen MR) is 117 cm³/mol. The number of hydrogen-bond donors (Lipinski definition) is 2. The molecular formula is C22H24ClFN4O2. The summed E-state index contributed by atoms with van der Waals surface area (Å²) in [6.45, 7) is 0. The number of fused-ring (bicyclic) bond motifs is 1. The molecule has 1 aliphatic rings. The van der Waals surface area contributed by atoms with E-state index in [4.69, 9.17) is 21.1 Å². The van der Waals surface area contributed by atoms with Crippen molar-refractivity contribution < 1.29 is 13.9 Å². The van der Waals surface area contributed by atoms with Crippen LogP contribution >= 0.6 is 11.6 Å². The van der Waals surface area contributed by atoms with E-state index in [9.17, 15) is 4.39 Å². The van der Waals surface area contributed by atoms with Gasteiger partial charge in [-0.2, -0.15) is 0 Å². The van der Waals surface area contributed by atoms with Crippen LogP contribution in [0.3, 0.4) is 0 Å². The molecule has 158 valence electrons. The van der Waals surface area contributed by atoms with Crippen molar-refractivity contribution in [2.24, 2.45) is 0 Å². The molecule has 0 radical (unpaired) electrons. The molecule has 0 bridgehead atoms. The monoisotopic (exact) mass is 430 g/mol. The first-order valence-electron chi connectivity index (χ1n) is 9.96. The molecule has 0 spiro atoms. The molecule has 6 nitrogen and oxygen atoms in total. The molecule has 3 aromatic rings. The highest BCUT2D eigenvalue weighted by Gasteiger charge is 2.23. The summed E-state index contributed by atoms with van der Waals surface area (Å²) in [7, 11) is 3.61. The molecule has 0 atom stereocenters. The molecule has 4 rings (SSSR count). The lowest BCUT2D eigenvalue weighted by atomic mass is 9.93. The second-order valence-corrected chi connectivity index (χ2v) is 7.78. The van der Waals surface area contributed by atoms with Gasteiger partial charge < -0.3 is 20.1 Å². The molecule has 1 heterocycles. The van der Waals surface area contributed by atoms with Gasteiger partial charge in [0.05, 0.1) is 29.1 Å². The SMILES string of the molecule is CNC1CCC(Oc2cc(OC)cc3ncnc(Nc4ccc(F)c(Cl)c4)c23)CC1. The number of aromatic nitrogens is 2. The van der Waals surface area contributed by atoms with Gasteiger partial charge in [0, 0.05) is 23.9 Å². The van der Waals surface area contributed by atoms with Gasteiger partial charge in [-0.15, -0.1) is 0 Å². The highest BCUT2D eigenvalue weighted by atomic mass is 35.5. The average Bonchev–Trinajstić information content (AvgIpc) is 2.76. The summed E-state index contributed by atoms with van der Waals surface area (Å²) in [6.07, 6.45) is 5.65. The Morgan fingerprint density at radius 1 is 1.10 bits per heavy atom. The number of nitrogens with one attached hydrogen (secondary N) is 2. The first-order chi connectivity index (χ1) is 14.6. The number of hydrogen-bond acceptors (Lipinski definition) is 6. The lowest BCUT2D eigenvalue weighted by molar-refractivity contribution is 0.143. The first-order valence-corrected chi connectivity index (χ1v) is 10.3. The number of halogens is 2. The number of nitrogens with zero attached hydrogens (tertiary/aromatic N) is 2. The van der Waals surface area contributed by atoms with Crippen LogP contribution in [0.1, 0.15) is 25.7 Å². The van der Waals surface area contributed by atoms with Crippen LogP contribution in [0.5, 0.6) is 11.5 Å². The van der Waals surface area contributed by atoms with Crippen molar-refractivity contribution in [1.82, 2.24) is 15.3 Å². The molecule has 8 heteroatoms. The molecule has 2 N–H and O–H groups in total. The minimum absolute atomic E-state index is 0.0396. The van der Waals surface area contributed by atoms with Gasteiger partial charge in [-0.25, -0.2) is 14.4 Å².